The van der Waals surface area contributed by atoms with E-state index in [1.165, 1.54) is 11.3 Å². The first-order valence-electron chi connectivity index (χ1n) is 6.48. The minimum absolute atomic E-state index is 0.206. The Bertz CT molecular complexity index is 409. The monoisotopic (exact) mass is 312 g/mol. The number of hydrogen-bond acceptors (Lipinski definition) is 3. The van der Waals surface area contributed by atoms with Gasteiger partial charge in [0, 0.05) is 35.7 Å². The largest absolute Gasteiger partial charge is 0.393 e. The molecule has 0 bridgehead atoms. The van der Waals surface area contributed by atoms with E-state index < -0.39 is 0 Å². The number of halogens is 1. The normalized spacial score (nSPS) is 21.3. The molecule has 1 aromatic carbocycles. The van der Waals surface area contributed by atoms with Crippen molar-refractivity contribution in [1.82, 2.24) is 5.32 Å². The molecule has 0 aromatic heterocycles. The van der Waals surface area contributed by atoms with Crippen molar-refractivity contribution in [2.45, 2.75) is 26.0 Å². The maximum absolute atomic E-state index is 9.64. The molecule has 2 unspecified atom stereocenters. The van der Waals surface area contributed by atoms with E-state index in [1.54, 1.807) is 0 Å². The van der Waals surface area contributed by atoms with Crippen LogP contribution in [0.15, 0.2) is 22.7 Å². The number of nitrogens with zero attached hydrogens (tertiary/aromatic N) is 1. The molecular formula is C14H21BrN2O. The Labute approximate surface area is 117 Å². The summed E-state index contributed by atoms with van der Waals surface area (Å²) in [4.78, 5) is 2.35. The molecule has 0 radical (unpaired) electrons. The highest BCUT2D eigenvalue weighted by Gasteiger charge is 2.26. The van der Waals surface area contributed by atoms with Gasteiger partial charge in [-0.25, -0.2) is 0 Å². The van der Waals surface area contributed by atoms with Gasteiger partial charge in [-0.2, -0.15) is 0 Å². The molecule has 1 heterocycles. The third-order valence-electron chi connectivity index (χ3n) is 3.68. The fourth-order valence-corrected chi connectivity index (χ4v) is 2.99. The summed E-state index contributed by atoms with van der Waals surface area (Å²) in [7, 11) is 1.95. The van der Waals surface area contributed by atoms with Crippen LogP contribution in [0.25, 0.3) is 0 Å². The van der Waals surface area contributed by atoms with Crippen LogP contribution in [-0.2, 0) is 6.54 Å². The number of nitrogens with one attached hydrogen (secondary N) is 1. The number of hydrogen-bond donors (Lipinski definition) is 2. The van der Waals surface area contributed by atoms with Gasteiger partial charge in [0.25, 0.3) is 0 Å². The van der Waals surface area contributed by atoms with Gasteiger partial charge in [-0.3, -0.25) is 0 Å². The van der Waals surface area contributed by atoms with Gasteiger partial charge >= 0.3 is 0 Å². The summed E-state index contributed by atoms with van der Waals surface area (Å²) >= 11 is 3.62. The maximum atomic E-state index is 9.64. The zero-order chi connectivity index (χ0) is 13.1. The number of aliphatic hydroxyl groups is 1. The minimum Gasteiger partial charge on any atom is -0.393 e. The van der Waals surface area contributed by atoms with Gasteiger partial charge < -0.3 is 15.3 Å². The summed E-state index contributed by atoms with van der Waals surface area (Å²) in [6, 6.07) is 6.50. The van der Waals surface area contributed by atoms with Crippen molar-refractivity contribution in [3.05, 3.63) is 28.2 Å². The van der Waals surface area contributed by atoms with Crippen LogP contribution in [0.4, 0.5) is 5.69 Å². The van der Waals surface area contributed by atoms with Crippen molar-refractivity contribution < 1.29 is 5.11 Å². The van der Waals surface area contributed by atoms with Crippen molar-refractivity contribution >= 4 is 21.6 Å². The Morgan fingerprint density at radius 3 is 2.89 bits per heavy atom. The van der Waals surface area contributed by atoms with E-state index in [4.69, 9.17) is 0 Å². The third kappa shape index (κ3) is 3.05. The molecule has 1 aliphatic rings. The predicted octanol–water partition coefficient (Wildman–Crippen LogP) is 2.38. The van der Waals surface area contributed by atoms with E-state index in [1.807, 2.05) is 14.0 Å². The number of anilines is 1. The van der Waals surface area contributed by atoms with Crippen LogP contribution < -0.4 is 10.2 Å². The van der Waals surface area contributed by atoms with E-state index >= 15 is 0 Å². The smallest absolute Gasteiger partial charge is 0.0557 e. The first kappa shape index (κ1) is 13.8. The molecule has 2 N–H and O–H groups in total. The molecule has 100 valence electrons. The summed E-state index contributed by atoms with van der Waals surface area (Å²) < 4.78 is 1.15. The molecule has 1 saturated heterocycles. The van der Waals surface area contributed by atoms with Crippen LogP contribution >= 0.6 is 15.9 Å². The van der Waals surface area contributed by atoms with Gasteiger partial charge in [0.15, 0.2) is 0 Å². The first-order chi connectivity index (χ1) is 8.61. The molecule has 18 heavy (non-hydrogen) atoms. The van der Waals surface area contributed by atoms with Gasteiger partial charge in [0.1, 0.15) is 0 Å². The Morgan fingerprint density at radius 1 is 1.56 bits per heavy atom. The van der Waals surface area contributed by atoms with Gasteiger partial charge in [0.05, 0.1) is 6.10 Å². The molecule has 1 aliphatic heterocycles. The fraction of sp³-hybridized carbons (Fsp3) is 0.571. The standard InChI is InChI=1S/C14H21BrN2O/c1-10(18)12-5-6-17(9-12)13-4-3-11(8-16-2)14(15)7-13/h3-4,7,10,12,16,18H,5-6,8-9H2,1-2H3. The molecule has 3 nitrogen and oxygen atoms in total. The summed E-state index contributed by atoms with van der Waals surface area (Å²) in [6.07, 6.45) is 0.870. The molecule has 1 aromatic rings. The van der Waals surface area contributed by atoms with Gasteiger partial charge in [0.2, 0.25) is 0 Å². The highest BCUT2D eigenvalue weighted by molar-refractivity contribution is 9.10. The zero-order valence-corrected chi connectivity index (χ0v) is 12.6. The van der Waals surface area contributed by atoms with Crippen LogP contribution in [0, 0.1) is 5.92 Å². The van der Waals surface area contributed by atoms with Crippen molar-refractivity contribution in [1.29, 1.82) is 0 Å². The van der Waals surface area contributed by atoms with E-state index in [0.717, 1.165) is 30.5 Å². The van der Waals surface area contributed by atoms with Crippen LogP contribution in [0.2, 0.25) is 0 Å². The van der Waals surface area contributed by atoms with Crippen molar-refractivity contribution in [2.75, 3.05) is 25.0 Å². The highest BCUT2D eigenvalue weighted by atomic mass is 79.9. The van der Waals surface area contributed by atoms with Gasteiger partial charge in [-0.15, -0.1) is 0 Å². The maximum Gasteiger partial charge on any atom is 0.0557 e. The zero-order valence-electron chi connectivity index (χ0n) is 11.0. The van der Waals surface area contributed by atoms with Crippen molar-refractivity contribution in [3.63, 3.8) is 0 Å². The summed E-state index contributed by atoms with van der Waals surface area (Å²) in [5.74, 6) is 0.403. The van der Waals surface area contributed by atoms with E-state index in [9.17, 15) is 5.11 Å². The Hall–Kier alpha value is -0.580. The Balaban J connectivity index is 2.08. The lowest BCUT2D eigenvalue weighted by Crippen LogP contribution is -2.23. The second-order valence-corrected chi connectivity index (χ2v) is 5.90. The lowest BCUT2D eigenvalue weighted by atomic mass is 10.0. The summed E-state index contributed by atoms with van der Waals surface area (Å²) in [5, 5.41) is 12.8. The fourth-order valence-electron chi connectivity index (χ4n) is 2.48. The summed E-state index contributed by atoms with van der Waals surface area (Å²) in [5.41, 5.74) is 2.51. The molecule has 0 amide bonds. The minimum atomic E-state index is -0.206. The number of aliphatic hydroxyl groups excluding tert-OH is 1. The second-order valence-electron chi connectivity index (χ2n) is 5.04. The highest BCUT2D eigenvalue weighted by Crippen LogP contribution is 2.29. The summed E-state index contributed by atoms with van der Waals surface area (Å²) in [6.45, 7) is 4.75. The van der Waals surface area contributed by atoms with Crippen LogP contribution in [0.3, 0.4) is 0 Å². The van der Waals surface area contributed by atoms with Crippen molar-refractivity contribution in [2.24, 2.45) is 5.92 Å². The molecule has 0 aliphatic carbocycles. The average molecular weight is 313 g/mol. The molecule has 0 saturated carbocycles. The molecule has 2 atom stereocenters. The molecule has 4 heteroatoms. The van der Waals surface area contributed by atoms with Crippen LogP contribution in [0.5, 0.6) is 0 Å². The molecule has 1 fully saturated rings. The Kier molecular flexibility index (Phi) is 4.65. The van der Waals surface area contributed by atoms with E-state index in [0.29, 0.717) is 5.92 Å². The van der Waals surface area contributed by atoms with Gasteiger partial charge in [-0.1, -0.05) is 22.0 Å². The topological polar surface area (TPSA) is 35.5 Å². The second kappa shape index (κ2) is 6.04. The van der Waals surface area contributed by atoms with Crippen LogP contribution in [0.1, 0.15) is 18.9 Å². The number of rotatable bonds is 4. The third-order valence-corrected chi connectivity index (χ3v) is 4.41. The molecule has 2 rings (SSSR count). The Morgan fingerprint density at radius 2 is 2.33 bits per heavy atom. The SMILES string of the molecule is CNCc1ccc(N2CCC(C(C)O)C2)cc1Br. The van der Waals surface area contributed by atoms with Crippen LogP contribution in [-0.4, -0.2) is 31.3 Å². The first-order valence-corrected chi connectivity index (χ1v) is 7.27. The molecule has 0 spiro atoms. The predicted molar refractivity (Wildman–Crippen MR) is 78.9 cm³/mol. The van der Waals surface area contributed by atoms with E-state index in [-0.39, 0.29) is 6.10 Å². The quantitative estimate of drug-likeness (QED) is 0.896. The number of benzene rings is 1. The molecular weight excluding hydrogens is 292 g/mol. The van der Waals surface area contributed by atoms with Crippen molar-refractivity contribution in [3.8, 4) is 0 Å². The van der Waals surface area contributed by atoms with Gasteiger partial charge in [-0.05, 0) is 38.1 Å². The van der Waals surface area contributed by atoms with E-state index in [2.05, 4.69) is 44.3 Å². The lowest BCUT2D eigenvalue weighted by Gasteiger charge is -2.20. The lowest BCUT2D eigenvalue weighted by molar-refractivity contribution is 0.136. The average Bonchev–Trinajstić information content (AvgIpc) is 2.81.